The largest absolute Gasteiger partial charge is 0.349 e. The normalized spacial score (nSPS) is 18.2. The van der Waals surface area contributed by atoms with E-state index in [2.05, 4.69) is 26.0 Å². The molecule has 1 aromatic heterocycles. The van der Waals surface area contributed by atoms with Crippen molar-refractivity contribution in [3.63, 3.8) is 0 Å². The maximum absolute atomic E-state index is 13.4. The Labute approximate surface area is 217 Å². The lowest BCUT2D eigenvalue weighted by molar-refractivity contribution is -0.132. The number of carbonyl (C=O) groups excluding carboxylic acids is 3. The second-order valence-electron chi connectivity index (χ2n) is 10.0. The van der Waals surface area contributed by atoms with Gasteiger partial charge in [-0.15, -0.1) is 10.2 Å². The number of amides is 2. The van der Waals surface area contributed by atoms with Gasteiger partial charge in [-0.1, -0.05) is 75.2 Å². The highest BCUT2D eigenvalue weighted by molar-refractivity contribution is 5.95. The first-order valence-corrected chi connectivity index (χ1v) is 12.9. The monoisotopic (exact) mass is 502 g/mol. The summed E-state index contributed by atoms with van der Waals surface area (Å²) in [6, 6.07) is 17.5. The summed E-state index contributed by atoms with van der Waals surface area (Å²) in [7, 11) is 0. The molecule has 9 heteroatoms. The zero-order chi connectivity index (χ0) is 26.2. The Morgan fingerprint density at radius 2 is 1.65 bits per heavy atom. The van der Waals surface area contributed by atoms with E-state index >= 15 is 0 Å². The second-order valence-corrected chi connectivity index (χ2v) is 10.0. The van der Waals surface area contributed by atoms with E-state index in [1.54, 1.807) is 12.1 Å². The number of nitrogens with one attached hydrogen (secondary N) is 2. The fourth-order valence-corrected chi connectivity index (χ4v) is 4.74. The average Bonchev–Trinajstić information content (AvgIpc) is 3.37. The van der Waals surface area contributed by atoms with Gasteiger partial charge in [0.2, 0.25) is 11.7 Å². The van der Waals surface area contributed by atoms with Crippen LogP contribution in [-0.2, 0) is 16.1 Å². The molecule has 0 aliphatic heterocycles. The molecule has 0 saturated heterocycles. The maximum atomic E-state index is 13.4. The van der Waals surface area contributed by atoms with Crippen molar-refractivity contribution in [1.82, 2.24) is 30.8 Å². The predicted molar refractivity (Wildman–Crippen MR) is 139 cm³/mol. The fraction of sp³-hybridized carbons (Fsp3) is 0.429. The predicted octanol–water partition coefficient (Wildman–Crippen LogP) is 3.43. The van der Waals surface area contributed by atoms with Gasteiger partial charge in [-0.25, -0.2) is 0 Å². The van der Waals surface area contributed by atoms with E-state index in [1.807, 2.05) is 62.4 Å². The minimum Gasteiger partial charge on any atom is -0.349 e. The minimum absolute atomic E-state index is 0.0870. The summed E-state index contributed by atoms with van der Waals surface area (Å²) >= 11 is 0. The van der Waals surface area contributed by atoms with Gasteiger partial charge < -0.3 is 10.6 Å². The number of hydrogen-bond acceptors (Lipinski definition) is 6. The van der Waals surface area contributed by atoms with Gasteiger partial charge in [0.1, 0.15) is 6.54 Å². The molecular formula is C28H34N6O3. The van der Waals surface area contributed by atoms with Crippen LogP contribution in [0, 0.1) is 11.8 Å². The van der Waals surface area contributed by atoms with Crippen LogP contribution >= 0.6 is 0 Å². The number of rotatable bonds is 10. The molecule has 0 unspecified atom stereocenters. The molecule has 9 nitrogen and oxygen atoms in total. The number of Topliss-reactive ketones (excluding diaryl/α,β-unsaturated/α-hetero) is 1. The Morgan fingerprint density at radius 3 is 2.35 bits per heavy atom. The van der Waals surface area contributed by atoms with Crippen LogP contribution < -0.4 is 10.6 Å². The molecule has 1 heterocycles. The first kappa shape index (κ1) is 26.2. The second kappa shape index (κ2) is 12.4. The van der Waals surface area contributed by atoms with Crippen molar-refractivity contribution >= 4 is 17.6 Å². The highest BCUT2D eigenvalue weighted by Gasteiger charge is 2.34. The lowest BCUT2D eigenvalue weighted by Gasteiger charge is -2.32. The van der Waals surface area contributed by atoms with Crippen molar-refractivity contribution in [2.24, 2.45) is 11.8 Å². The molecule has 0 spiro atoms. The molecule has 194 valence electrons. The maximum Gasteiger partial charge on any atom is 0.251 e. The van der Waals surface area contributed by atoms with Crippen LogP contribution in [0.15, 0.2) is 60.7 Å². The third-order valence-corrected chi connectivity index (χ3v) is 6.65. The Kier molecular flexibility index (Phi) is 8.77. The molecular weight excluding hydrogens is 468 g/mol. The summed E-state index contributed by atoms with van der Waals surface area (Å²) in [5.41, 5.74) is 1.38. The molecule has 1 aliphatic carbocycles. The quantitative estimate of drug-likeness (QED) is 0.438. The smallest absolute Gasteiger partial charge is 0.251 e. The standard InChI is InChI=1S/C28H34N6O3/c1-19(2)17-24(25(35)18-34-32-26(31-33-34)20-11-5-3-6-12-20)30-28(37)22-15-9-10-16-23(22)29-27(36)21-13-7-4-8-14-21/h3-8,11-14,19,22-24H,9-10,15-18H2,1-2H3,(H,29,36)(H,30,37)/t22-,23+,24-/m0/s1. The van der Waals surface area contributed by atoms with E-state index in [0.717, 1.165) is 24.8 Å². The zero-order valence-electron chi connectivity index (χ0n) is 21.3. The Hall–Kier alpha value is -3.88. The van der Waals surface area contributed by atoms with E-state index in [0.29, 0.717) is 24.2 Å². The van der Waals surface area contributed by atoms with Gasteiger partial charge in [0.15, 0.2) is 5.78 Å². The summed E-state index contributed by atoms with van der Waals surface area (Å²) in [5.74, 6) is -0.326. The number of benzene rings is 2. The fourth-order valence-electron chi connectivity index (χ4n) is 4.74. The van der Waals surface area contributed by atoms with Gasteiger partial charge in [-0.3, -0.25) is 14.4 Å². The molecule has 0 radical (unpaired) electrons. The lowest BCUT2D eigenvalue weighted by atomic mass is 9.83. The van der Waals surface area contributed by atoms with Gasteiger partial charge in [0.25, 0.3) is 5.91 Å². The van der Waals surface area contributed by atoms with Crippen molar-refractivity contribution in [3.05, 3.63) is 66.2 Å². The van der Waals surface area contributed by atoms with Crippen molar-refractivity contribution in [3.8, 4) is 11.4 Å². The SMILES string of the molecule is CC(C)C[C@H](NC(=O)[C@H]1CCCC[C@H]1NC(=O)c1ccccc1)C(=O)Cn1nnc(-c2ccccc2)n1. The van der Waals surface area contributed by atoms with E-state index in [-0.39, 0.29) is 36.1 Å². The lowest BCUT2D eigenvalue weighted by Crippen LogP contribution is -2.52. The average molecular weight is 503 g/mol. The van der Waals surface area contributed by atoms with Crippen molar-refractivity contribution in [2.45, 2.75) is 64.6 Å². The van der Waals surface area contributed by atoms with E-state index < -0.39 is 12.0 Å². The topological polar surface area (TPSA) is 119 Å². The molecule has 4 rings (SSSR count). The van der Waals surface area contributed by atoms with Crippen LogP contribution in [0.25, 0.3) is 11.4 Å². The molecule has 1 aliphatic rings. The van der Waals surface area contributed by atoms with Crippen LogP contribution in [0.5, 0.6) is 0 Å². The summed E-state index contributed by atoms with van der Waals surface area (Å²) in [6.07, 6.45) is 3.74. The number of ketones is 1. The molecule has 0 bridgehead atoms. The number of aromatic nitrogens is 4. The van der Waals surface area contributed by atoms with Crippen LogP contribution in [0.1, 0.15) is 56.3 Å². The summed E-state index contributed by atoms with van der Waals surface area (Å²) in [4.78, 5) is 40.7. The Bertz CT molecular complexity index is 1190. The molecule has 1 fully saturated rings. The van der Waals surface area contributed by atoms with Crippen molar-refractivity contribution in [1.29, 1.82) is 0 Å². The van der Waals surface area contributed by atoms with Crippen LogP contribution in [-0.4, -0.2) is 49.9 Å². The molecule has 2 N–H and O–H groups in total. The van der Waals surface area contributed by atoms with Gasteiger partial charge >= 0.3 is 0 Å². The van der Waals surface area contributed by atoms with Gasteiger partial charge in [-0.2, -0.15) is 4.80 Å². The van der Waals surface area contributed by atoms with Gasteiger partial charge in [0, 0.05) is 17.2 Å². The molecule has 1 saturated carbocycles. The van der Waals surface area contributed by atoms with Crippen molar-refractivity contribution in [2.75, 3.05) is 0 Å². The molecule has 37 heavy (non-hydrogen) atoms. The molecule has 3 aromatic rings. The molecule has 2 aromatic carbocycles. The number of tetrazole rings is 1. The van der Waals surface area contributed by atoms with E-state index in [1.165, 1.54) is 4.80 Å². The molecule has 3 atom stereocenters. The van der Waals surface area contributed by atoms with Crippen molar-refractivity contribution < 1.29 is 14.4 Å². The molecule has 2 amide bonds. The van der Waals surface area contributed by atoms with Gasteiger partial charge in [0.05, 0.1) is 12.0 Å². The number of nitrogens with zero attached hydrogens (tertiary/aromatic N) is 4. The highest BCUT2D eigenvalue weighted by atomic mass is 16.2. The highest BCUT2D eigenvalue weighted by Crippen LogP contribution is 2.25. The first-order chi connectivity index (χ1) is 17.9. The zero-order valence-corrected chi connectivity index (χ0v) is 21.3. The van der Waals surface area contributed by atoms with Gasteiger partial charge in [-0.05, 0) is 42.5 Å². The van der Waals surface area contributed by atoms with Crippen LogP contribution in [0.3, 0.4) is 0 Å². The summed E-state index contributed by atoms with van der Waals surface area (Å²) in [5, 5.41) is 18.5. The Morgan fingerprint density at radius 1 is 0.973 bits per heavy atom. The van der Waals surface area contributed by atoms with E-state index in [4.69, 9.17) is 0 Å². The number of carbonyl (C=O) groups is 3. The third-order valence-electron chi connectivity index (χ3n) is 6.65. The third kappa shape index (κ3) is 7.09. The van der Waals surface area contributed by atoms with Crippen LogP contribution in [0.2, 0.25) is 0 Å². The van der Waals surface area contributed by atoms with Crippen LogP contribution in [0.4, 0.5) is 0 Å². The number of hydrogen-bond donors (Lipinski definition) is 2. The first-order valence-electron chi connectivity index (χ1n) is 12.9. The Balaban J connectivity index is 1.42. The summed E-state index contributed by atoms with van der Waals surface area (Å²) < 4.78 is 0. The minimum atomic E-state index is -0.675. The summed E-state index contributed by atoms with van der Waals surface area (Å²) in [6.45, 7) is 3.94. The van der Waals surface area contributed by atoms with E-state index in [9.17, 15) is 14.4 Å².